The summed E-state index contributed by atoms with van der Waals surface area (Å²) in [5.41, 5.74) is 1.33. The van der Waals surface area contributed by atoms with Crippen LogP contribution in [0.5, 0.6) is 0 Å². The summed E-state index contributed by atoms with van der Waals surface area (Å²) < 4.78 is 1.28. The van der Waals surface area contributed by atoms with E-state index in [0.29, 0.717) is 0 Å². The Kier molecular flexibility index (Phi) is 1.73. The Labute approximate surface area is 58.0 Å². The van der Waals surface area contributed by atoms with E-state index >= 15 is 0 Å². The van der Waals surface area contributed by atoms with Crippen LogP contribution in [0.15, 0.2) is 24.3 Å². The molecule has 0 nitrogen and oxygen atoms in total. The molecule has 0 aliphatic carbocycles. The second kappa shape index (κ2) is 2.35. The molecule has 1 heteroatoms. The summed E-state index contributed by atoms with van der Waals surface area (Å²) in [5, 5.41) is 0. The molecule has 0 atom stereocenters. The Morgan fingerprint density at radius 3 is 2.25 bits per heavy atom. The molecule has 1 rings (SSSR count). The van der Waals surface area contributed by atoms with Gasteiger partial charge in [-0.15, -0.1) is 0 Å². The summed E-state index contributed by atoms with van der Waals surface area (Å²) in [7, 11) is 0. The van der Waals surface area contributed by atoms with Crippen LogP contribution in [0.1, 0.15) is 5.56 Å². The third-order valence-electron chi connectivity index (χ3n) is 1.19. The zero-order chi connectivity index (χ0) is 5.98. The minimum atomic E-state index is 1.28. The van der Waals surface area contributed by atoms with Gasteiger partial charge in [-0.25, -0.2) is 0 Å². The van der Waals surface area contributed by atoms with Crippen LogP contribution in [0.3, 0.4) is 0 Å². The van der Waals surface area contributed by atoms with E-state index in [1.54, 1.807) is 0 Å². The first-order valence-corrected chi connectivity index (χ1v) is 3.19. The van der Waals surface area contributed by atoms with Crippen LogP contribution in [0.4, 0.5) is 0 Å². The molecule has 1 aromatic rings. The molecule has 0 amide bonds. The van der Waals surface area contributed by atoms with Crippen molar-refractivity contribution in [2.75, 3.05) is 0 Å². The molecule has 0 unspecified atom stereocenters. The maximum absolute atomic E-state index is 2.69. The Morgan fingerprint density at radius 2 is 1.88 bits per heavy atom. The van der Waals surface area contributed by atoms with E-state index in [-0.39, 0.29) is 0 Å². The first-order chi connectivity index (χ1) is 3.80. The van der Waals surface area contributed by atoms with E-state index in [0.717, 1.165) is 0 Å². The fraction of sp³-hybridized carbons (Fsp3) is 0.143. The van der Waals surface area contributed by atoms with Gasteiger partial charge in [0.1, 0.15) is 0 Å². The van der Waals surface area contributed by atoms with E-state index in [2.05, 4.69) is 35.3 Å². The number of hydrogen-bond acceptors (Lipinski definition) is 0. The molecule has 0 aliphatic rings. The monoisotopic (exact) mass is 118 g/mol. The van der Waals surface area contributed by atoms with Gasteiger partial charge in [0.15, 0.2) is 0 Å². The first-order valence-electron chi connectivity index (χ1n) is 2.62. The number of benzene rings is 1. The first kappa shape index (κ1) is 5.88. The van der Waals surface area contributed by atoms with Gasteiger partial charge in [0.2, 0.25) is 0 Å². The average molecular weight is 118 g/mol. The van der Waals surface area contributed by atoms with Gasteiger partial charge in [0, 0.05) is 0 Å². The van der Waals surface area contributed by atoms with Crippen LogP contribution >= 0.6 is 0 Å². The maximum atomic E-state index is 2.69. The molecule has 0 aromatic heterocycles. The van der Waals surface area contributed by atoms with Crippen LogP contribution in [0.25, 0.3) is 0 Å². The van der Waals surface area contributed by atoms with Crippen molar-refractivity contribution in [1.29, 1.82) is 0 Å². The van der Waals surface area contributed by atoms with Gasteiger partial charge < -0.3 is 0 Å². The number of hydrogen-bond donors (Lipinski definition) is 0. The van der Waals surface area contributed by atoms with Gasteiger partial charge in [-0.2, -0.15) is 0 Å². The van der Waals surface area contributed by atoms with Crippen molar-refractivity contribution in [2.45, 2.75) is 6.92 Å². The summed E-state index contributed by atoms with van der Waals surface area (Å²) >= 11 is 2.69. The molecule has 8 heavy (non-hydrogen) atoms. The zero-order valence-corrected chi connectivity index (χ0v) is 6.04. The SMILES string of the molecule is Cc1cccc[c]1[Al+2]. The van der Waals surface area contributed by atoms with Crippen molar-refractivity contribution >= 4 is 20.7 Å². The van der Waals surface area contributed by atoms with Crippen molar-refractivity contribution in [2.24, 2.45) is 0 Å². The molecule has 0 N–H and O–H groups in total. The average Bonchev–Trinajstić information content (AvgIpc) is 1.77. The van der Waals surface area contributed by atoms with Gasteiger partial charge in [-0.05, 0) is 0 Å². The van der Waals surface area contributed by atoms with Crippen LogP contribution in [-0.2, 0) is 0 Å². The molecule has 0 heterocycles. The summed E-state index contributed by atoms with van der Waals surface area (Å²) in [4.78, 5) is 0. The second-order valence-electron chi connectivity index (χ2n) is 1.86. The van der Waals surface area contributed by atoms with Gasteiger partial charge in [0.25, 0.3) is 0 Å². The van der Waals surface area contributed by atoms with E-state index in [1.807, 2.05) is 12.1 Å². The van der Waals surface area contributed by atoms with Crippen LogP contribution in [-0.4, -0.2) is 16.3 Å². The van der Waals surface area contributed by atoms with Crippen molar-refractivity contribution in [1.82, 2.24) is 0 Å². The van der Waals surface area contributed by atoms with Crippen molar-refractivity contribution in [3.8, 4) is 0 Å². The predicted octanol–water partition coefficient (Wildman–Crippen LogP) is 0.789. The zero-order valence-electron chi connectivity index (χ0n) is 4.89. The Balaban J connectivity index is 3.13. The molecule has 0 aliphatic heterocycles. The van der Waals surface area contributed by atoms with Crippen molar-refractivity contribution in [3.05, 3.63) is 29.8 Å². The fourth-order valence-electron chi connectivity index (χ4n) is 0.587. The van der Waals surface area contributed by atoms with Crippen molar-refractivity contribution in [3.63, 3.8) is 0 Å². The standard InChI is InChI=1S/C7H7.Al/c1-7-5-3-2-4-6-7;/h2-5H,1H3;/q;+2. The predicted molar refractivity (Wildman–Crippen MR) is 36.6 cm³/mol. The molecule has 0 fully saturated rings. The number of rotatable bonds is 0. The van der Waals surface area contributed by atoms with Crippen molar-refractivity contribution < 1.29 is 0 Å². The third kappa shape index (κ3) is 1.12. The van der Waals surface area contributed by atoms with Gasteiger partial charge in [-0.3, -0.25) is 0 Å². The molecular weight excluding hydrogens is 111 g/mol. The summed E-state index contributed by atoms with van der Waals surface area (Å²) in [6.07, 6.45) is 0. The topological polar surface area (TPSA) is 0 Å². The second-order valence-corrected chi connectivity index (χ2v) is 2.48. The summed E-state index contributed by atoms with van der Waals surface area (Å²) in [6, 6.07) is 8.26. The fourth-order valence-corrected chi connectivity index (χ4v) is 0.794. The van der Waals surface area contributed by atoms with Crippen LogP contribution < -0.4 is 4.43 Å². The van der Waals surface area contributed by atoms with E-state index in [4.69, 9.17) is 0 Å². The van der Waals surface area contributed by atoms with E-state index < -0.39 is 0 Å². The third-order valence-corrected chi connectivity index (χ3v) is 1.84. The van der Waals surface area contributed by atoms with Gasteiger partial charge >= 0.3 is 57.5 Å². The van der Waals surface area contributed by atoms with E-state index in [1.165, 1.54) is 9.99 Å². The molecule has 1 aromatic carbocycles. The molecule has 0 bridgehead atoms. The quantitative estimate of drug-likeness (QED) is 0.442. The molecule has 0 radical (unpaired) electrons. The normalized spacial score (nSPS) is 9.38. The Morgan fingerprint density at radius 1 is 1.25 bits per heavy atom. The van der Waals surface area contributed by atoms with Gasteiger partial charge in [-0.1, -0.05) is 0 Å². The molecule has 0 saturated heterocycles. The Bertz CT molecular complexity index is 160. The molecule has 0 saturated carbocycles. The molecule has 0 spiro atoms. The molecule has 36 valence electrons. The number of aryl methyl sites for hydroxylation is 1. The Hall–Kier alpha value is -0.248. The van der Waals surface area contributed by atoms with Crippen LogP contribution in [0, 0.1) is 6.92 Å². The summed E-state index contributed by atoms with van der Waals surface area (Å²) in [6.45, 7) is 2.10. The van der Waals surface area contributed by atoms with E-state index in [9.17, 15) is 0 Å². The molecular formula is C7H7Al+2. The summed E-state index contributed by atoms with van der Waals surface area (Å²) in [5.74, 6) is 0. The van der Waals surface area contributed by atoms with Gasteiger partial charge in [0.05, 0.1) is 0 Å². The van der Waals surface area contributed by atoms with Crippen LogP contribution in [0.2, 0.25) is 0 Å². The minimum absolute atomic E-state index is 1.28.